The maximum atomic E-state index is 13.8. The summed E-state index contributed by atoms with van der Waals surface area (Å²) >= 11 is 6.03. The van der Waals surface area contributed by atoms with Crippen LogP contribution in [0.4, 0.5) is 15.9 Å². The molecular formula is C15H15ClFN3O2. The van der Waals surface area contributed by atoms with Gasteiger partial charge in [-0.15, -0.1) is 0 Å². The van der Waals surface area contributed by atoms with E-state index >= 15 is 0 Å². The number of nitrogens with zero attached hydrogens (tertiary/aromatic N) is 1. The van der Waals surface area contributed by atoms with Crippen molar-refractivity contribution < 1.29 is 13.9 Å². The van der Waals surface area contributed by atoms with E-state index in [0.717, 1.165) is 11.6 Å². The molecule has 1 heterocycles. The lowest BCUT2D eigenvalue weighted by atomic mass is 10.2. The number of hydrogen-bond acceptors (Lipinski definition) is 4. The fourth-order valence-electron chi connectivity index (χ4n) is 1.81. The van der Waals surface area contributed by atoms with Crippen LogP contribution in [-0.2, 0) is 11.2 Å². The van der Waals surface area contributed by atoms with Crippen molar-refractivity contribution in [1.29, 1.82) is 0 Å². The summed E-state index contributed by atoms with van der Waals surface area (Å²) in [5.74, 6) is -1.19. The number of anilines is 2. The third-order valence-electron chi connectivity index (χ3n) is 2.84. The first-order valence-electron chi connectivity index (χ1n) is 6.57. The second kappa shape index (κ2) is 7.09. The Morgan fingerprint density at radius 3 is 2.86 bits per heavy atom. The van der Waals surface area contributed by atoms with Crippen LogP contribution < -0.4 is 15.8 Å². The summed E-state index contributed by atoms with van der Waals surface area (Å²) in [5, 5.41) is 3.04. The van der Waals surface area contributed by atoms with E-state index in [1.165, 1.54) is 6.92 Å². The molecule has 116 valence electrons. The van der Waals surface area contributed by atoms with E-state index in [1.54, 1.807) is 6.07 Å². The van der Waals surface area contributed by atoms with Gasteiger partial charge in [-0.2, -0.15) is 4.98 Å². The monoisotopic (exact) mass is 323 g/mol. The molecule has 0 spiro atoms. The van der Waals surface area contributed by atoms with Gasteiger partial charge < -0.3 is 15.8 Å². The molecule has 0 fully saturated rings. The van der Waals surface area contributed by atoms with Crippen LogP contribution in [0.25, 0.3) is 0 Å². The molecule has 1 aromatic carbocycles. The first kappa shape index (κ1) is 16.0. The molecule has 0 unspecified atom stereocenters. The Balaban J connectivity index is 2.06. The highest BCUT2D eigenvalue weighted by Crippen LogP contribution is 2.24. The first-order valence-corrected chi connectivity index (χ1v) is 6.95. The zero-order chi connectivity index (χ0) is 16.1. The molecule has 22 heavy (non-hydrogen) atoms. The number of ether oxygens (including phenoxy) is 1. The zero-order valence-corrected chi connectivity index (χ0v) is 12.7. The SMILES string of the molecule is CC(=O)Nc1nc(OCCc2ccccc2Cl)c(F)cc1N. The molecule has 2 rings (SSSR count). The minimum Gasteiger partial charge on any atom is -0.475 e. The zero-order valence-electron chi connectivity index (χ0n) is 11.9. The quantitative estimate of drug-likeness (QED) is 0.886. The van der Waals surface area contributed by atoms with E-state index in [0.29, 0.717) is 11.4 Å². The lowest BCUT2D eigenvalue weighted by Gasteiger charge is -2.11. The van der Waals surface area contributed by atoms with Gasteiger partial charge >= 0.3 is 0 Å². The summed E-state index contributed by atoms with van der Waals surface area (Å²) < 4.78 is 19.1. The number of rotatable bonds is 5. The van der Waals surface area contributed by atoms with Crippen molar-refractivity contribution in [3.05, 3.63) is 46.7 Å². The molecule has 0 saturated carbocycles. The molecule has 1 aromatic heterocycles. The molecule has 0 radical (unpaired) electrons. The normalized spacial score (nSPS) is 10.3. The van der Waals surface area contributed by atoms with E-state index in [4.69, 9.17) is 22.1 Å². The van der Waals surface area contributed by atoms with Gasteiger partial charge in [0, 0.05) is 24.4 Å². The van der Waals surface area contributed by atoms with Crippen molar-refractivity contribution in [3.63, 3.8) is 0 Å². The van der Waals surface area contributed by atoms with E-state index < -0.39 is 5.82 Å². The molecule has 0 saturated heterocycles. The standard InChI is InChI=1S/C15H15ClFN3O2/c1-9(21)19-14-13(18)8-12(17)15(20-14)22-7-6-10-4-2-3-5-11(10)16/h2-5,8H,6-7,18H2,1H3,(H,19,20,21). The lowest BCUT2D eigenvalue weighted by molar-refractivity contribution is -0.114. The largest absolute Gasteiger partial charge is 0.475 e. The molecule has 2 aromatic rings. The number of pyridine rings is 1. The maximum absolute atomic E-state index is 13.8. The fourth-order valence-corrected chi connectivity index (χ4v) is 2.04. The molecule has 0 bridgehead atoms. The van der Waals surface area contributed by atoms with Crippen LogP contribution in [0.1, 0.15) is 12.5 Å². The molecule has 0 aliphatic carbocycles. The maximum Gasteiger partial charge on any atom is 0.252 e. The number of hydrogen-bond donors (Lipinski definition) is 2. The van der Waals surface area contributed by atoms with Gasteiger partial charge in [0.15, 0.2) is 11.6 Å². The van der Waals surface area contributed by atoms with Crippen LogP contribution in [0.2, 0.25) is 5.02 Å². The Labute approximate surface area is 132 Å². The van der Waals surface area contributed by atoms with Crippen LogP contribution in [0.5, 0.6) is 5.88 Å². The number of nitrogen functional groups attached to an aromatic ring is 1. The minimum atomic E-state index is -0.689. The third-order valence-corrected chi connectivity index (χ3v) is 3.20. The molecule has 5 nitrogen and oxygen atoms in total. The highest BCUT2D eigenvalue weighted by Gasteiger charge is 2.12. The fraction of sp³-hybridized carbons (Fsp3) is 0.200. The lowest BCUT2D eigenvalue weighted by Crippen LogP contribution is -2.12. The average molecular weight is 324 g/mol. The van der Waals surface area contributed by atoms with Crippen molar-refractivity contribution >= 4 is 29.0 Å². The first-order chi connectivity index (χ1) is 10.5. The van der Waals surface area contributed by atoms with Crippen LogP contribution in [0.15, 0.2) is 30.3 Å². The Hall–Kier alpha value is -2.34. The number of benzene rings is 1. The predicted molar refractivity (Wildman–Crippen MR) is 83.6 cm³/mol. The molecule has 0 aliphatic rings. The summed E-state index contributed by atoms with van der Waals surface area (Å²) in [6.07, 6.45) is 0.501. The number of amides is 1. The number of halogens is 2. The molecule has 7 heteroatoms. The van der Waals surface area contributed by atoms with Gasteiger partial charge in [0.1, 0.15) is 0 Å². The van der Waals surface area contributed by atoms with Gasteiger partial charge in [0.2, 0.25) is 5.91 Å². The Morgan fingerprint density at radius 1 is 1.45 bits per heavy atom. The number of carbonyl (C=O) groups excluding carboxylic acids is 1. The van der Waals surface area contributed by atoms with E-state index in [2.05, 4.69) is 10.3 Å². The van der Waals surface area contributed by atoms with Gasteiger partial charge in [-0.1, -0.05) is 29.8 Å². The Morgan fingerprint density at radius 2 is 2.18 bits per heavy atom. The summed E-state index contributed by atoms with van der Waals surface area (Å²) in [6, 6.07) is 8.38. The molecular weight excluding hydrogens is 309 g/mol. The van der Waals surface area contributed by atoms with Crippen molar-refractivity contribution in [3.8, 4) is 5.88 Å². The highest BCUT2D eigenvalue weighted by molar-refractivity contribution is 6.31. The van der Waals surface area contributed by atoms with Crippen molar-refractivity contribution in [2.45, 2.75) is 13.3 Å². The Bertz CT molecular complexity index is 694. The number of nitrogens with one attached hydrogen (secondary N) is 1. The summed E-state index contributed by atoms with van der Waals surface area (Å²) in [5.41, 5.74) is 6.51. The van der Waals surface area contributed by atoms with Gasteiger partial charge in [-0.3, -0.25) is 4.79 Å². The van der Waals surface area contributed by atoms with E-state index in [-0.39, 0.29) is 29.9 Å². The van der Waals surface area contributed by atoms with Crippen LogP contribution >= 0.6 is 11.6 Å². The van der Waals surface area contributed by atoms with Gasteiger partial charge in [0.25, 0.3) is 5.88 Å². The minimum absolute atomic E-state index is 0.0335. The molecule has 3 N–H and O–H groups in total. The van der Waals surface area contributed by atoms with Crippen LogP contribution in [-0.4, -0.2) is 17.5 Å². The van der Waals surface area contributed by atoms with Gasteiger partial charge in [-0.05, 0) is 11.6 Å². The smallest absolute Gasteiger partial charge is 0.252 e. The van der Waals surface area contributed by atoms with Crippen molar-refractivity contribution in [2.24, 2.45) is 0 Å². The van der Waals surface area contributed by atoms with Gasteiger partial charge in [0.05, 0.1) is 12.3 Å². The average Bonchev–Trinajstić information content (AvgIpc) is 2.45. The predicted octanol–water partition coefficient (Wildman–Crippen LogP) is 3.04. The second-order valence-corrected chi connectivity index (χ2v) is 4.99. The molecule has 0 aliphatic heterocycles. The topological polar surface area (TPSA) is 77.2 Å². The summed E-state index contributed by atoms with van der Waals surface area (Å²) in [4.78, 5) is 14.9. The van der Waals surface area contributed by atoms with Crippen molar-refractivity contribution in [2.75, 3.05) is 17.7 Å². The van der Waals surface area contributed by atoms with E-state index in [9.17, 15) is 9.18 Å². The third kappa shape index (κ3) is 4.08. The van der Waals surface area contributed by atoms with Crippen molar-refractivity contribution in [1.82, 2.24) is 4.98 Å². The highest BCUT2D eigenvalue weighted by atomic mass is 35.5. The van der Waals surface area contributed by atoms with Crippen LogP contribution in [0, 0.1) is 5.82 Å². The molecule has 0 atom stereocenters. The van der Waals surface area contributed by atoms with Crippen LogP contribution in [0.3, 0.4) is 0 Å². The number of nitrogens with two attached hydrogens (primary N) is 1. The summed E-state index contributed by atoms with van der Waals surface area (Å²) in [6.45, 7) is 1.50. The Kier molecular flexibility index (Phi) is 5.16. The van der Waals surface area contributed by atoms with Gasteiger partial charge in [-0.25, -0.2) is 4.39 Å². The number of carbonyl (C=O) groups is 1. The number of aromatic nitrogens is 1. The summed E-state index contributed by atoms with van der Waals surface area (Å²) in [7, 11) is 0. The van der Waals surface area contributed by atoms with E-state index in [1.807, 2.05) is 18.2 Å². The second-order valence-electron chi connectivity index (χ2n) is 4.58. The molecule has 1 amide bonds.